The van der Waals surface area contributed by atoms with Gasteiger partial charge in [0.15, 0.2) is 0 Å². The molecule has 0 aliphatic rings. The molecule has 6 unspecified atom stereocenters. The van der Waals surface area contributed by atoms with E-state index in [-0.39, 0.29) is 43.3 Å². The van der Waals surface area contributed by atoms with Crippen LogP contribution in [0.3, 0.4) is 0 Å². The van der Waals surface area contributed by atoms with Crippen LogP contribution >= 0.6 is 0 Å². The van der Waals surface area contributed by atoms with Gasteiger partial charge in [-0.3, -0.25) is 28.8 Å². The third-order valence-electron chi connectivity index (χ3n) is 7.80. The first-order valence-electron chi connectivity index (χ1n) is 17.2. The first-order chi connectivity index (χ1) is 24.4. The average Bonchev–Trinajstić information content (AvgIpc) is 3.06. The number of carboxylic acid groups (broad SMARTS) is 2. The van der Waals surface area contributed by atoms with Crippen molar-refractivity contribution in [1.82, 2.24) is 26.6 Å². The van der Waals surface area contributed by atoms with Crippen LogP contribution < -0.4 is 38.1 Å². The van der Waals surface area contributed by atoms with Crippen LogP contribution in [-0.4, -0.2) is 111 Å². The number of nitrogens with two attached hydrogens (primary N) is 2. The molecule has 0 fully saturated rings. The molecular formula is C34H55N7O11. The van der Waals surface area contributed by atoms with Gasteiger partial charge in [-0.2, -0.15) is 0 Å². The van der Waals surface area contributed by atoms with Gasteiger partial charge in [-0.1, -0.05) is 39.8 Å². The van der Waals surface area contributed by atoms with Crippen molar-refractivity contribution in [3.63, 3.8) is 0 Å². The number of nitrogens with one attached hydrogen (secondary N) is 5. The fraction of sp³-hybridized carbons (Fsp3) is 0.618. The smallest absolute Gasteiger partial charge is 0.326 e. The van der Waals surface area contributed by atoms with E-state index >= 15 is 0 Å². The minimum absolute atomic E-state index is 0.0194. The van der Waals surface area contributed by atoms with Crippen LogP contribution in [0.25, 0.3) is 0 Å². The van der Waals surface area contributed by atoms with Gasteiger partial charge in [0.25, 0.3) is 0 Å². The van der Waals surface area contributed by atoms with Gasteiger partial charge in [-0.05, 0) is 68.2 Å². The molecule has 0 saturated carbocycles. The van der Waals surface area contributed by atoms with Crippen molar-refractivity contribution in [2.45, 2.75) is 109 Å². The zero-order chi connectivity index (χ0) is 39.5. The molecule has 292 valence electrons. The summed E-state index contributed by atoms with van der Waals surface area (Å²) in [6.45, 7) is 6.62. The van der Waals surface area contributed by atoms with Gasteiger partial charge in [0, 0.05) is 6.42 Å². The van der Waals surface area contributed by atoms with Crippen LogP contribution in [0.15, 0.2) is 24.3 Å². The van der Waals surface area contributed by atoms with Crippen molar-refractivity contribution in [2.24, 2.45) is 23.3 Å². The molecule has 0 bridgehead atoms. The molecule has 1 rings (SSSR count). The highest BCUT2D eigenvalue weighted by Crippen LogP contribution is 2.14. The van der Waals surface area contributed by atoms with Crippen LogP contribution in [0.2, 0.25) is 0 Å². The molecule has 0 spiro atoms. The number of amides is 5. The maximum Gasteiger partial charge on any atom is 0.326 e. The lowest BCUT2D eigenvalue weighted by molar-refractivity contribution is -0.143. The summed E-state index contributed by atoms with van der Waals surface area (Å²) >= 11 is 0. The largest absolute Gasteiger partial charge is 0.508 e. The molecule has 18 heteroatoms. The minimum Gasteiger partial charge on any atom is -0.508 e. The fourth-order valence-corrected chi connectivity index (χ4v) is 5.07. The molecule has 52 heavy (non-hydrogen) atoms. The lowest BCUT2D eigenvalue weighted by atomic mass is 9.99. The van der Waals surface area contributed by atoms with E-state index in [1.807, 2.05) is 0 Å². The predicted octanol–water partition coefficient (Wildman–Crippen LogP) is -1.54. The number of carbonyl (C=O) groups excluding carboxylic acids is 5. The Labute approximate surface area is 302 Å². The molecule has 0 radical (unpaired) electrons. The van der Waals surface area contributed by atoms with E-state index in [9.17, 15) is 54.0 Å². The molecule has 0 saturated heterocycles. The first kappa shape index (κ1) is 45.2. The summed E-state index contributed by atoms with van der Waals surface area (Å²) in [4.78, 5) is 89.9. The summed E-state index contributed by atoms with van der Waals surface area (Å²) in [5.41, 5.74) is 11.6. The Hall–Kier alpha value is -4.81. The number of hydrogen-bond donors (Lipinski definition) is 11. The molecule has 0 heterocycles. The van der Waals surface area contributed by atoms with Gasteiger partial charge < -0.3 is 58.5 Å². The van der Waals surface area contributed by atoms with Crippen molar-refractivity contribution in [3.8, 4) is 5.75 Å². The van der Waals surface area contributed by atoms with Crippen LogP contribution in [0.4, 0.5) is 0 Å². The molecule has 0 aliphatic carbocycles. The highest BCUT2D eigenvalue weighted by molar-refractivity contribution is 5.97. The number of aliphatic carboxylic acids is 2. The standard InChI is InChI=1S/C34H55N7O11/c1-18(2)13-24(39-33(50)26(16-28(44)45)38-29(46)22(36)17-42)31(48)40-25(15-20-8-10-21(43)11-9-20)32(49)37-23(7-5-6-12-35)30(47)41-27(34(51)52)14-19(3)4/h8-11,18-19,22-27,42-43H,5-7,12-17,35-36H2,1-4H3,(H,37,49)(H,38,46)(H,39,50)(H,40,48)(H,41,47)(H,44,45)(H,51,52). The van der Waals surface area contributed by atoms with Crippen LogP contribution in [0, 0.1) is 11.8 Å². The van der Waals surface area contributed by atoms with Gasteiger partial charge in [0.05, 0.1) is 13.0 Å². The Morgan fingerprint density at radius 3 is 1.63 bits per heavy atom. The molecule has 6 atom stereocenters. The van der Waals surface area contributed by atoms with Crippen molar-refractivity contribution in [2.75, 3.05) is 13.2 Å². The number of benzene rings is 1. The predicted molar refractivity (Wildman–Crippen MR) is 188 cm³/mol. The summed E-state index contributed by atoms with van der Waals surface area (Å²) < 4.78 is 0. The molecule has 1 aromatic carbocycles. The van der Waals surface area contributed by atoms with Crippen molar-refractivity contribution in [1.29, 1.82) is 0 Å². The van der Waals surface area contributed by atoms with Gasteiger partial charge in [0.2, 0.25) is 29.5 Å². The monoisotopic (exact) mass is 737 g/mol. The zero-order valence-corrected chi connectivity index (χ0v) is 30.1. The normalized spacial score (nSPS) is 14.6. The highest BCUT2D eigenvalue weighted by atomic mass is 16.4. The van der Waals surface area contributed by atoms with Crippen molar-refractivity contribution in [3.05, 3.63) is 29.8 Å². The summed E-state index contributed by atoms with van der Waals surface area (Å²) in [6.07, 6.45) is 0.165. The van der Waals surface area contributed by atoms with Crippen LogP contribution in [0.5, 0.6) is 5.75 Å². The van der Waals surface area contributed by atoms with E-state index in [0.29, 0.717) is 24.9 Å². The lowest BCUT2D eigenvalue weighted by Gasteiger charge is -2.28. The maximum atomic E-state index is 13.9. The van der Waals surface area contributed by atoms with E-state index < -0.39 is 90.8 Å². The number of aliphatic hydroxyl groups excluding tert-OH is 1. The summed E-state index contributed by atoms with van der Waals surface area (Å²) in [6, 6.07) is -2.46. The maximum absolute atomic E-state index is 13.9. The number of carboxylic acids is 2. The molecule has 0 aliphatic heterocycles. The molecular weight excluding hydrogens is 682 g/mol. The van der Waals surface area contributed by atoms with E-state index in [2.05, 4.69) is 26.6 Å². The second-order valence-corrected chi connectivity index (χ2v) is 13.4. The van der Waals surface area contributed by atoms with Gasteiger partial charge in [-0.25, -0.2) is 4.79 Å². The third kappa shape index (κ3) is 16.9. The Morgan fingerprint density at radius 1 is 0.654 bits per heavy atom. The Bertz CT molecular complexity index is 1360. The molecule has 1 aromatic rings. The number of aromatic hydroxyl groups is 1. The topological polar surface area (TPSA) is 313 Å². The quantitative estimate of drug-likeness (QED) is 0.0537. The molecule has 5 amide bonds. The number of aliphatic hydroxyl groups is 1. The number of rotatable bonds is 24. The fourth-order valence-electron chi connectivity index (χ4n) is 5.07. The van der Waals surface area contributed by atoms with E-state index in [0.717, 1.165) is 0 Å². The number of hydrogen-bond acceptors (Lipinski definition) is 11. The van der Waals surface area contributed by atoms with Gasteiger partial charge >= 0.3 is 11.9 Å². The number of carbonyl (C=O) groups is 7. The third-order valence-corrected chi connectivity index (χ3v) is 7.80. The average molecular weight is 738 g/mol. The van der Waals surface area contributed by atoms with Crippen molar-refractivity contribution < 1.29 is 54.0 Å². The second kappa shape index (κ2) is 22.9. The number of phenols is 1. The second-order valence-electron chi connectivity index (χ2n) is 13.4. The molecule has 0 aromatic heterocycles. The SMILES string of the molecule is CC(C)CC(NC(=O)C(CCCCN)NC(=O)C(Cc1ccc(O)cc1)NC(=O)C(CC(C)C)NC(=O)C(CC(=O)O)NC(=O)C(N)CO)C(=O)O. The molecule has 18 nitrogen and oxygen atoms in total. The number of unbranched alkanes of at least 4 members (excludes halogenated alkanes) is 1. The zero-order valence-electron chi connectivity index (χ0n) is 30.1. The van der Waals surface area contributed by atoms with E-state index in [1.54, 1.807) is 27.7 Å². The summed E-state index contributed by atoms with van der Waals surface area (Å²) in [7, 11) is 0. The van der Waals surface area contributed by atoms with Crippen molar-refractivity contribution >= 4 is 41.5 Å². The Morgan fingerprint density at radius 2 is 1.12 bits per heavy atom. The number of phenolic OH excluding ortho intramolecular Hbond substituents is 1. The van der Waals surface area contributed by atoms with E-state index in [1.165, 1.54) is 24.3 Å². The lowest BCUT2D eigenvalue weighted by Crippen LogP contribution is -2.60. The Balaban J connectivity index is 3.43. The Kier molecular flexibility index (Phi) is 19.9. The first-order valence-corrected chi connectivity index (χ1v) is 17.2. The van der Waals surface area contributed by atoms with Crippen LogP contribution in [-0.2, 0) is 40.0 Å². The summed E-state index contributed by atoms with van der Waals surface area (Å²) in [5, 5.41) is 50.3. The summed E-state index contributed by atoms with van der Waals surface area (Å²) in [5.74, 6) is -7.45. The molecule has 13 N–H and O–H groups in total. The minimum atomic E-state index is -1.67. The van der Waals surface area contributed by atoms with Crippen LogP contribution in [0.1, 0.15) is 71.8 Å². The van der Waals surface area contributed by atoms with Gasteiger partial charge in [-0.15, -0.1) is 0 Å². The van der Waals surface area contributed by atoms with Gasteiger partial charge in [0.1, 0.15) is 42.0 Å². The van der Waals surface area contributed by atoms with E-state index in [4.69, 9.17) is 11.5 Å². The highest BCUT2D eigenvalue weighted by Gasteiger charge is 2.34.